The summed E-state index contributed by atoms with van der Waals surface area (Å²) in [7, 11) is 4.60. The molecule has 0 saturated carbocycles. The van der Waals surface area contributed by atoms with Gasteiger partial charge in [0.2, 0.25) is 35.4 Å². The van der Waals surface area contributed by atoms with Gasteiger partial charge in [-0.3, -0.25) is 53.5 Å². The largest absolute Gasteiger partial charge is 0.508 e. The molecule has 3 aromatic rings. The molecule has 1 unspecified atom stereocenters. The molecule has 0 aliphatic carbocycles. The number of carboxylic acids is 1. The first kappa shape index (κ1) is 83.7. The number of aromatic hydroxyl groups is 1. The average molecular weight is 1440 g/mol. The van der Waals surface area contributed by atoms with Gasteiger partial charge in [0, 0.05) is 79.7 Å². The van der Waals surface area contributed by atoms with Crippen LogP contribution >= 0.6 is 32.9 Å². The Morgan fingerprint density at radius 3 is 2.12 bits per heavy atom. The van der Waals surface area contributed by atoms with E-state index in [-0.39, 0.29) is 91.4 Å². The molecule has 10 amide bonds. The number of aromatic nitrogens is 1. The fraction of sp³-hybridized carbons (Fsp3) is 0.618. The van der Waals surface area contributed by atoms with Crippen molar-refractivity contribution in [3.05, 3.63) is 81.8 Å². The number of phenolic OH excluding ortho intramolecular Hbond substituents is 1. The molecule has 2 aromatic carbocycles. The van der Waals surface area contributed by atoms with Crippen LogP contribution in [0.3, 0.4) is 0 Å². The molecule has 0 spiro atoms. The second-order valence-electron chi connectivity index (χ2n) is 25.5. The number of carbonyl (C=O) groups is 11. The van der Waals surface area contributed by atoms with Crippen LogP contribution in [-0.2, 0) is 60.7 Å². The SMILES string of the molecule is CCCC(=O)OCN(C(=O)[C@@H](NC(=O)[C@H]1CCCCN1C)C(C)CC)[C@H](C[C@@H](O)c1nc(C(=O)N[C@@H](Cc2ccc(O)cc2)C[C@H](C)C(=O)NNC(=O)OCCSSC[C@@H](C)NC(=O)[C@H](Cc2ccccc2)NC(=O)[C@H](CC(=O)O)NC(=O)NCCCC[C@@H](C)NC(C)=O)cs1)C(C)C. The Morgan fingerprint density at radius 2 is 1.46 bits per heavy atom. The average Bonchev–Trinajstić information content (AvgIpc) is 1.27. The first-order chi connectivity index (χ1) is 47.1. The number of unbranched alkanes of at least 4 members (excludes halogenated alkanes) is 1. The molecule has 0 radical (unpaired) electrons. The van der Waals surface area contributed by atoms with E-state index in [2.05, 4.69) is 53.1 Å². The smallest absolute Gasteiger partial charge is 0.426 e. The number of urea groups is 1. The summed E-state index contributed by atoms with van der Waals surface area (Å²) < 4.78 is 10.9. The molecule has 1 aliphatic rings. The van der Waals surface area contributed by atoms with Gasteiger partial charge in [-0.25, -0.2) is 20.0 Å². The minimum absolute atomic E-state index is 0.0233. The van der Waals surface area contributed by atoms with Crippen molar-refractivity contribution in [1.29, 1.82) is 0 Å². The number of nitrogens with one attached hydrogen (secondary N) is 9. The third-order valence-corrected chi connectivity index (χ3v) is 20.1. The van der Waals surface area contributed by atoms with Gasteiger partial charge < -0.3 is 66.9 Å². The highest BCUT2D eigenvalue weighted by atomic mass is 33.1. The number of carbonyl (C=O) groups excluding carboxylic acids is 10. The van der Waals surface area contributed by atoms with Gasteiger partial charge in [0.05, 0.1) is 12.5 Å². The Morgan fingerprint density at radius 1 is 0.768 bits per heavy atom. The van der Waals surface area contributed by atoms with Gasteiger partial charge in [-0.1, -0.05) is 118 Å². The van der Waals surface area contributed by atoms with Crippen molar-refractivity contribution in [2.24, 2.45) is 17.8 Å². The number of rotatable bonds is 42. The molecule has 11 atom stereocenters. The maximum atomic E-state index is 14.8. The lowest BCUT2D eigenvalue weighted by Crippen LogP contribution is -2.59. The summed E-state index contributed by atoms with van der Waals surface area (Å²) >= 11 is 1.03. The number of likely N-dealkylation sites (tertiary alicyclic amines) is 1. The summed E-state index contributed by atoms with van der Waals surface area (Å²) in [6.07, 6.45) is 2.94. The number of ether oxygens (including phenoxy) is 2. The fourth-order valence-corrected chi connectivity index (χ4v) is 13.9. The molecular formula is C68H104N12O16S3. The maximum Gasteiger partial charge on any atom is 0.426 e. The zero-order valence-corrected chi connectivity index (χ0v) is 61.0. The van der Waals surface area contributed by atoms with Crippen LogP contribution in [0, 0.1) is 17.8 Å². The normalized spacial score (nSPS) is 16.1. The summed E-state index contributed by atoms with van der Waals surface area (Å²) in [4.78, 5) is 153. The first-order valence-corrected chi connectivity index (χ1v) is 37.3. The van der Waals surface area contributed by atoms with Crippen molar-refractivity contribution in [2.45, 2.75) is 207 Å². The zero-order valence-electron chi connectivity index (χ0n) is 58.6. The van der Waals surface area contributed by atoms with Gasteiger partial charge >= 0.3 is 24.1 Å². The number of benzene rings is 2. The third kappa shape index (κ3) is 31.1. The Labute approximate surface area is 592 Å². The lowest BCUT2D eigenvalue weighted by atomic mass is 9.92. The monoisotopic (exact) mass is 1440 g/mol. The topological polar surface area (TPSA) is 395 Å². The van der Waals surface area contributed by atoms with Crippen molar-refractivity contribution >= 4 is 98.3 Å². The van der Waals surface area contributed by atoms with E-state index in [4.69, 9.17) is 9.47 Å². The number of hydrogen-bond donors (Lipinski definition) is 12. The second-order valence-corrected chi connectivity index (χ2v) is 29.1. The molecule has 99 heavy (non-hydrogen) atoms. The van der Waals surface area contributed by atoms with Gasteiger partial charge in [-0.15, -0.1) is 11.3 Å². The Bertz CT molecular complexity index is 3080. The molecule has 1 saturated heterocycles. The minimum atomic E-state index is -1.51. The number of nitrogens with zero attached hydrogens (tertiary/aromatic N) is 3. The van der Waals surface area contributed by atoms with Crippen molar-refractivity contribution in [2.75, 3.05) is 45.0 Å². The number of aliphatic hydroxyl groups excluding tert-OH is 1. The molecule has 31 heteroatoms. The number of phenols is 1. The van der Waals surface area contributed by atoms with Gasteiger partial charge in [-0.05, 0) is 114 Å². The minimum Gasteiger partial charge on any atom is -0.508 e. The maximum absolute atomic E-state index is 14.8. The standard InChI is InChI=1S/C68H104N12O16S3/c1-11-20-58(86)96-40-80(66(92)59(42(5)12-2)76-64(91)54-24-17-19-30-79(54)10)55(41(3)4)37-56(83)65-74-53(39-97-65)63(90)72-49(34-48-25-27-50(82)28-26-48)33-43(6)60(87)77-78-68(94)95-31-32-98-99-38-45(8)71-61(88)51(35-47-22-14-13-15-23-47)73-62(89)52(36-57(84)85)75-67(93)69-29-18-16-21-44(7)70-46(9)81/h13-15,22-23,25-28,39,41-45,49,51-52,54-56,59,82-83H,11-12,16-21,24,29-38,40H2,1-10H3,(H,70,81)(H,71,88)(H,72,90)(H,73,89)(H,76,91)(H,77,87)(H,78,94)(H,84,85)(H2,69,75,93)/t42?,43-,44+,45+,49+,51-,52-,54+,55+,56+,59-/m0/s1. The summed E-state index contributed by atoms with van der Waals surface area (Å²) in [5.41, 5.74) is 6.02. The van der Waals surface area contributed by atoms with E-state index >= 15 is 0 Å². The summed E-state index contributed by atoms with van der Waals surface area (Å²) in [6, 6.07) is 8.50. The highest BCUT2D eigenvalue weighted by molar-refractivity contribution is 8.76. The first-order valence-electron chi connectivity index (χ1n) is 33.9. The van der Waals surface area contributed by atoms with Crippen LogP contribution in [0.25, 0.3) is 0 Å². The van der Waals surface area contributed by atoms with E-state index in [9.17, 15) is 68.1 Å². The Kier molecular flexibility index (Phi) is 37.5. The number of likely N-dealkylation sites (N-methyl/N-ethyl adjacent to an activating group) is 1. The van der Waals surface area contributed by atoms with Crippen LogP contribution in [0.2, 0.25) is 0 Å². The van der Waals surface area contributed by atoms with Crippen LogP contribution in [-0.4, -0.2) is 189 Å². The summed E-state index contributed by atoms with van der Waals surface area (Å²) in [6.45, 7) is 16.5. The summed E-state index contributed by atoms with van der Waals surface area (Å²) in [5, 5.41) is 52.4. The number of aliphatic carboxylic acids is 1. The number of piperidine rings is 1. The number of amides is 10. The molecule has 2 heterocycles. The van der Waals surface area contributed by atoms with E-state index in [1.807, 2.05) is 53.5 Å². The molecule has 1 aliphatic heterocycles. The number of hydrogen-bond acceptors (Lipinski definition) is 20. The molecule has 1 aromatic heterocycles. The fourth-order valence-electron chi connectivity index (χ4n) is 11.0. The number of aliphatic hydroxyl groups is 1. The van der Waals surface area contributed by atoms with Crippen LogP contribution in [0.4, 0.5) is 9.59 Å². The highest BCUT2D eigenvalue weighted by Crippen LogP contribution is 2.30. The lowest BCUT2D eigenvalue weighted by molar-refractivity contribution is -0.159. The predicted octanol–water partition coefficient (Wildman–Crippen LogP) is 6.02. The highest BCUT2D eigenvalue weighted by Gasteiger charge is 2.39. The van der Waals surface area contributed by atoms with E-state index in [0.717, 1.165) is 36.3 Å². The molecule has 0 bridgehead atoms. The molecule has 4 rings (SSSR count). The molecule has 28 nitrogen and oxygen atoms in total. The third-order valence-electron chi connectivity index (χ3n) is 16.7. The van der Waals surface area contributed by atoms with Crippen molar-refractivity contribution in [3.8, 4) is 5.75 Å². The van der Waals surface area contributed by atoms with Gasteiger partial charge in [-0.2, -0.15) is 0 Å². The van der Waals surface area contributed by atoms with Gasteiger partial charge in [0.25, 0.3) is 5.91 Å². The van der Waals surface area contributed by atoms with Crippen molar-refractivity contribution in [3.63, 3.8) is 0 Å². The summed E-state index contributed by atoms with van der Waals surface area (Å²) in [5.74, 6) is -6.02. The number of esters is 1. The van der Waals surface area contributed by atoms with Gasteiger partial charge in [0.15, 0.2) is 6.73 Å². The van der Waals surface area contributed by atoms with Crippen molar-refractivity contribution in [1.82, 2.24) is 62.9 Å². The van der Waals surface area contributed by atoms with Crippen LogP contribution in [0.5, 0.6) is 5.75 Å². The molecule has 12 N–H and O–H groups in total. The molecule has 550 valence electrons. The van der Waals surface area contributed by atoms with E-state index in [0.29, 0.717) is 55.6 Å². The predicted molar refractivity (Wildman–Crippen MR) is 378 cm³/mol. The quantitative estimate of drug-likeness (QED) is 0.0101. The van der Waals surface area contributed by atoms with E-state index in [1.165, 1.54) is 50.9 Å². The van der Waals surface area contributed by atoms with Gasteiger partial charge in [0.1, 0.15) is 47.3 Å². The van der Waals surface area contributed by atoms with E-state index < -0.39 is 121 Å². The van der Waals surface area contributed by atoms with Crippen LogP contribution in [0.15, 0.2) is 60.0 Å². The Balaban J connectivity index is 1.30. The number of thiazole rings is 1. The van der Waals surface area contributed by atoms with Crippen LogP contribution < -0.4 is 48.1 Å². The Hall–Kier alpha value is -7.74. The molecule has 1 fully saturated rings. The molecular weight excluding hydrogens is 1340 g/mol. The van der Waals surface area contributed by atoms with Crippen molar-refractivity contribution < 1.29 is 77.5 Å². The lowest BCUT2D eigenvalue weighted by Gasteiger charge is -2.39. The number of hydrazine groups is 1. The van der Waals surface area contributed by atoms with Crippen LogP contribution in [0.1, 0.15) is 172 Å². The zero-order chi connectivity index (χ0) is 73.1. The number of carboxylic acid groups (broad SMARTS) is 1. The second kappa shape index (κ2) is 44.4. The van der Waals surface area contributed by atoms with E-state index in [1.54, 1.807) is 56.3 Å².